The van der Waals surface area contributed by atoms with Gasteiger partial charge in [-0.15, -0.1) is 0 Å². The number of rotatable bonds is 2. The fourth-order valence-electron chi connectivity index (χ4n) is 2.15. The Bertz CT molecular complexity index is 575. The predicted molar refractivity (Wildman–Crippen MR) is 64.5 cm³/mol. The van der Waals surface area contributed by atoms with Crippen LogP contribution in [0.25, 0.3) is 11.0 Å². The molecule has 1 saturated heterocycles. The van der Waals surface area contributed by atoms with Gasteiger partial charge in [0.2, 0.25) is 0 Å². The average Bonchev–Trinajstić information content (AvgIpc) is 2.88. The largest absolute Gasteiger partial charge is 0.336 e. The van der Waals surface area contributed by atoms with E-state index in [0.29, 0.717) is 6.54 Å². The maximum absolute atomic E-state index is 11.5. The van der Waals surface area contributed by atoms with Gasteiger partial charge >= 0.3 is 6.03 Å². The highest BCUT2D eigenvalue weighted by Gasteiger charge is 2.19. The van der Waals surface area contributed by atoms with Gasteiger partial charge in [-0.2, -0.15) is 0 Å². The second kappa shape index (κ2) is 3.76. The molecule has 1 N–H and O–H groups in total. The van der Waals surface area contributed by atoms with E-state index < -0.39 is 0 Å². The smallest absolute Gasteiger partial charge is 0.317 e. The first-order valence-electron chi connectivity index (χ1n) is 5.67. The zero-order valence-corrected chi connectivity index (χ0v) is 9.68. The molecule has 17 heavy (non-hydrogen) atoms. The van der Waals surface area contributed by atoms with Crippen molar-refractivity contribution in [1.82, 2.24) is 19.8 Å². The fraction of sp³-hybridized carbons (Fsp3) is 0.333. The Balaban J connectivity index is 1.90. The van der Waals surface area contributed by atoms with Gasteiger partial charge in [-0.3, -0.25) is 0 Å². The number of imidazole rings is 1. The number of carbonyl (C=O) groups is 1. The van der Waals surface area contributed by atoms with Crippen LogP contribution in [0.4, 0.5) is 4.79 Å². The van der Waals surface area contributed by atoms with Crippen molar-refractivity contribution in [2.24, 2.45) is 7.05 Å². The topological polar surface area (TPSA) is 50.2 Å². The Kier molecular flexibility index (Phi) is 2.24. The van der Waals surface area contributed by atoms with Gasteiger partial charge in [0.15, 0.2) is 0 Å². The minimum absolute atomic E-state index is 0.0232. The molecule has 88 valence electrons. The standard InChI is InChI=1S/C12H14N4O/c1-15-8-14-10-3-2-9(6-11(10)15)7-16-5-4-13-12(16)17/h2-3,6,8H,4-5,7H2,1H3,(H,13,17). The number of benzene rings is 1. The third-order valence-corrected chi connectivity index (χ3v) is 3.11. The minimum Gasteiger partial charge on any atom is -0.336 e. The summed E-state index contributed by atoms with van der Waals surface area (Å²) >= 11 is 0. The van der Waals surface area contributed by atoms with Crippen molar-refractivity contribution in [2.45, 2.75) is 6.54 Å². The van der Waals surface area contributed by atoms with Crippen LogP contribution in [0.5, 0.6) is 0 Å². The van der Waals surface area contributed by atoms with Gasteiger partial charge in [-0.1, -0.05) is 6.07 Å². The van der Waals surface area contributed by atoms with E-state index in [1.54, 1.807) is 6.33 Å². The van der Waals surface area contributed by atoms with E-state index in [1.165, 1.54) is 0 Å². The molecule has 5 heteroatoms. The first-order valence-corrected chi connectivity index (χ1v) is 5.67. The number of hydrogen-bond donors (Lipinski definition) is 1. The van der Waals surface area contributed by atoms with Gasteiger partial charge in [0.05, 0.1) is 17.4 Å². The zero-order valence-electron chi connectivity index (χ0n) is 9.68. The van der Waals surface area contributed by atoms with Gasteiger partial charge in [-0.25, -0.2) is 9.78 Å². The lowest BCUT2D eigenvalue weighted by Gasteiger charge is -2.13. The number of hydrogen-bond acceptors (Lipinski definition) is 2. The predicted octanol–water partition coefficient (Wildman–Crippen LogP) is 1.10. The van der Waals surface area contributed by atoms with Gasteiger partial charge in [-0.05, 0) is 17.7 Å². The second-order valence-electron chi connectivity index (χ2n) is 4.33. The maximum atomic E-state index is 11.5. The Morgan fingerprint density at radius 1 is 1.47 bits per heavy atom. The Hall–Kier alpha value is -2.04. The van der Waals surface area contributed by atoms with Crippen LogP contribution in [0.2, 0.25) is 0 Å². The first kappa shape index (κ1) is 10.1. The van der Waals surface area contributed by atoms with Crippen LogP contribution in [0, 0.1) is 0 Å². The fourth-order valence-corrected chi connectivity index (χ4v) is 2.15. The van der Waals surface area contributed by atoms with Gasteiger partial charge in [0.1, 0.15) is 0 Å². The highest BCUT2D eigenvalue weighted by Crippen LogP contribution is 2.16. The van der Waals surface area contributed by atoms with Crippen molar-refractivity contribution in [1.29, 1.82) is 0 Å². The van der Waals surface area contributed by atoms with Crippen LogP contribution in [0.3, 0.4) is 0 Å². The van der Waals surface area contributed by atoms with Crippen LogP contribution < -0.4 is 5.32 Å². The molecule has 5 nitrogen and oxygen atoms in total. The third kappa shape index (κ3) is 1.73. The summed E-state index contributed by atoms with van der Waals surface area (Å²) in [6, 6.07) is 6.14. The number of amides is 2. The van der Waals surface area contributed by atoms with E-state index in [4.69, 9.17) is 0 Å². The van der Waals surface area contributed by atoms with Gasteiger partial charge in [0, 0.05) is 26.7 Å². The molecule has 2 heterocycles. The normalized spacial score (nSPS) is 15.6. The number of nitrogens with one attached hydrogen (secondary N) is 1. The highest BCUT2D eigenvalue weighted by atomic mass is 16.2. The molecule has 2 aromatic rings. The van der Waals surface area contributed by atoms with Crippen LogP contribution in [0.1, 0.15) is 5.56 Å². The van der Waals surface area contributed by atoms with E-state index in [2.05, 4.69) is 16.4 Å². The summed E-state index contributed by atoms with van der Waals surface area (Å²) in [5.41, 5.74) is 3.22. The molecule has 0 saturated carbocycles. The van der Waals surface area contributed by atoms with Crippen molar-refractivity contribution < 1.29 is 4.79 Å². The number of aromatic nitrogens is 2. The van der Waals surface area contributed by atoms with E-state index in [0.717, 1.165) is 29.7 Å². The number of carbonyl (C=O) groups excluding carboxylic acids is 1. The molecule has 1 fully saturated rings. The molecular formula is C12H14N4O. The third-order valence-electron chi connectivity index (χ3n) is 3.11. The van der Waals surface area contributed by atoms with E-state index in [9.17, 15) is 4.79 Å². The van der Waals surface area contributed by atoms with E-state index in [1.807, 2.05) is 28.6 Å². The monoisotopic (exact) mass is 230 g/mol. The Labute approximate surface area is 99.0 Å². The molecule has 1 aromatic heterocycles. The number of aryl methyl sites for hydroxylation is 1. The molecular weight excluding hydrogens is 216 g/mol. The van der Waals surface area contributed by atoms with E-state index >= 15 is 0 Å². The lowest BCUT2D eigenvalue weighted by Crippen LogP contribution is -2.27. The summed E-state index contributed by atoms with van der Waals surface area (Å²) in [5, 5.41) is 2.80. The molecule has 1 aliphatic rings. The van der Waals surface area contributed by atoms with Gasteiger partial charge < -0.3 is 14.8 Å². The molecule has 0 aliphatic carbocycles. The highest BCUT2D eigenvalue weighted by molar-refractivity contribution is 5.77. The number of urea groups is 1. The molecule has 0 atom stereocenters. The summed E-state index contributed by atoms with van der Waals surface area (Å²) in [4.78, 5) is 17.5. The van der Waals surface area contributed by atoms with Gasteiger partial charge in [0.25, 0.3) is 0 Å². The van der Waals surface area contributed by atoms with Crippen molar-refractivity contribution >= 4 is 17.1 Å². The quantitative estimate of drug-likeness (QED) is 0.839. The molecule has 1 aliphatic heterocycles. The number of nitrogens with zero attached hydrogens (tertiary/aromatic N) is 3. The zero-order chi connectivity index (χ0) is 11.8. The van der Waals surface area contributed by atoms with E-state index in [-0.39, 0.29) is 6.03 Å². The SMILES string of the molecule is Cn1cnc2ccc(CN3CCNC3=O)cc21. The lowest BCUT2D eigenvalue weighted by atomic mass is 10.2. The minimum atomic E-state index is 0.0232. The maximum Gasteiger partial charge on any atom is 0.317 e. The molecule has 0 radical (unpaired) electrons. The second-order valence-corrected chi connectivity index (χ2v) is 4.33. The average molecular weight is 230 g/mol. The van der Waals surface area contributed by atoms with Crippen LogP contribution in [0.15, 0.2) is 24.5 Å². The Morgan fingerprint density at radius 3 is 3.12 bits per heavy atom. The summed E-state index contributed by atoms with van der Waals surface area (Å²) in [7, 11) is 1.97. The first-order chi connectivity index (χ1) is 8.24. The van der Waals surface area contributed by atoms with Crippen molar-refractivity contribution in [3.05, 3.63) is 30.1 Å². The summed E-state index contributed by atoms with van der Waals surface area (Å²) in [6.45, 7) is 2.18. The van der Waals surface area contributed by atoms with Crippen molar-refractivity contribution in [2.75, 3.05) is 13.1 Å². The summed E-state index contributed by atoms with van der Waals surface area (Å²) in [6.07, 6.45) is 1.80. The van der Waals surface area contributed by atoms with Crippen molar-refractivity contribution in [3.8, 4) is 0 Å². The lowest BCUT2D eigenvalue weighted by molar-refractivity contribution is 0.215. The molecule has 0 bridgehead atoms. The van der Waals surface area contributed by atoms with Crippen molar-refractivity contribution in [3.63, 3.8) is 0 Å². The summed E-state index contributed by atoms with van der Waals surface area (Å²) < 4.78 is 1.99. The Morgan fingerprint density at radius 2 is 2.35 bits per heavy atom. The molecule has 1 aromatic carbocycles. The van der Waals surface area contributed by atoms with Crippen LogP contribution in [-0.2, 0) is 13.6 Å². The molecule has 2 amide bonds. The molecule has 0 unspecified atom stereocenters. The number of fused-ring (bicyclic) bond motifs is 1. The molecule has 3 rings (SSSR count). The van der Waals surface area contributed by atoms with Crippen LogP contribution >= 0.6 is 0 Å². The van der Waals surface area contributed by atoms with Crippen LogP contribution in [-0.4, -0.2) is 33.6 Å². The summed E-state index contributed by atoms with van der Waals surface area (Å²) in [5.74, 6) is 0. The molecule has 0 spiro atoms.